The summed E-state index contributed by atoms with van der Waals surface area (Å²) in [6.45, 7) is 3.99. The third-order valence-electron chi connectivity index (χ3n) is 3.01. The van der Waals surface area contributed by atoms with Crippen molar-refractivity contribution in [2.24, 2.45) is 0 Å². The highest BCUT2D eigenvalue weighted by molar-refractivity contribution is 6.07. The zero-order valence-corrected chi connectivity index (χ0v) is 10.7. The van der Waals surface area contributed by atoms with Crippen LogP contribution in [0.1, 0.15) is 27.0 Å². The average Bonchev–Trinajstić information content (AvgIpc) is 2.38. The maximum Gasteiger partial charge on any atom is 0.186 e. The van der Waals surface area contributed by atoms with Gasteiger partial charge in [-0.05, 0) is 36.6 Å². The Labute approximate surface area is 108 Å². The van der Waals surface area contributed by atoms with Gasteiger partial charge in [0.2, 0.25) is 0 Å². The Morgan fingerprint density at radius 3 is 2.17 bits per heavy atom. The number of carbonyl (C=O) groups is 1. The third kappa shape index (κ3) is 2.75. The van der Waals surface area contributed by atoms with Crippen molar-refractivity contribution in [2.45, 2.75) is 13.8 Å². The topological polar surface area (TPSA) is 17.1 Å². The van der Waals surface area contributed by atoms with E-state index >= 15 is 0 Å². The molecule has 0 fully saturated rings. The second-order valence-electron chi connectivity index (χ2n) is 4.37. The van der Waals surface area contributed by atoms with Gasteiger partial charge in [0.05, 0.1) is 0 Å². The molecule has 1 nitrogen and oxygen atoms in total. The second-order valence-corrected chi connectivity index (χ2v) is 4.37. The smallest absolute Gasteiger partial charge is 0.186 e. The summed E-state index contributed by atoms with van der Waals surface area (Å²) >= 11 is 0. The molecule has 0 amide bonds. The van der Waals surface area contributed by atoms with E-state index in [0.717, 1.165) is 16.7 Å². The molecule has 0 aliphatic heterocycles. The number of ketones is 1. The zero-order valence-electron chi connectivity index (χ0n) is 10.7. The number of rotatable bonds is 3. The molecule has 0 unspecified atom stereocenters. The molecule has 0 saturated heterocycles. The molecule has 1 heteroatoms. The highest BCUT2D eigenvalue weighted by Gasteiger charge is 2.04. The SMILES string of the molecule is Cc1ccccc1/C=C/C(=O)c1ccccc1C. The van der Waals surface area contributed by atoms with Crippen molar-refractivity contribution in [3.05, 3.63) is 76.9 Å². The minimum atomic E-state index is 0.0522. The van der Waals surface area contributed by atoms with E-state index in [1.807, 2.05) is 68.5 Å². The van der Waals surface area contributed by atoms with E-state index in [1.165, 1.54) is 5.56 Å². The van der Waals surface area contributed by atoms with E-state index in [4.69, 9.17) is 0 Å². The van der Waals surface area contributed by atoms with Gasteiger partial charge in [0.25, 0.3) is 0 Å². The third-order valence-corrected chi connectivity index (χ3v) is 3.01. The van der Waals surface area contributed by atoms with Crippen molar-refractivity contribution in [3.63, 3.8) is 0 Å². The van der Waals surface area contributed by atoms with Gasteiger partial charge in [-0.2, -0.15) is 0 Å². The maximum atomic E-state index is 12.1. The Kier molecular flexibility index (Phi) is 3.73. The van der Waals surface area contributed by atoms with Crippen molar-refractivity contribution in [1.82, 2.24) is 0 Å². The van der Waals surface area contributed by atoms with Gasteiger partial charge < -0.3 is 0 Å². The van der Waals surface area contributed by atoms with Crippen LogP contribution in [-0.4, -0.2) is 5.78 Å². The summed E-state index contributed by atoms with van der Waals surface area (Å²) in [6, 6.07) is 15.7. The summed E-state index contributed by atoms with van der Waals surface area (Å²) < 4.78 is 0. The lowest BCUT2D eigenvalue weighted by molar-refractivity contribution is 0.104. The van der Waals surface area contributed by atoms with Crippen molar-refractivity contribution < 1.29 is 4.79 Å². The van der Waals surface area contributed by atoms with Crippen LogP contribution in [0, 0.1) is 13.8 Å². The van der Waals surface area contributed by atoms with E-state index < -0.39 is 0 Å². The molecule has 0 bridgehead atoms. The van der Waals surface area contributed by atoms with Crippen LogP contribution in [0.4, 0.5) is 0 Å². The number of aryl methyl sites for hydroxylation is 2. The summed E-state index contributed by atoms with van der Waals surface area (Å²) in [5.41, 5.74) is 4.03. The summed E-state index contributed by atoms with van der Waals surface area (Å²) in [7, 11) is 0. The summed E-state index contributed by atoms with van der Waals surface area (Å²) in [6.07, 6.45) is 3.52. The number of allylic oxidation sites excluding steroid dienone is 1. The molecule has 0 aliphatic carbocycles. The van der Waals surface area contributed by atoms with Gasteiger partial charge in [-0.1, -0.05) is 54.6 Å². The Bertz CT molecular complexity index is 594. The van der Waals surface area contributed by atoms with Crippen LogP contribution in [0.3, 0.4) is 0 Å². The number of benzene rings is 2. The van der Waals surface area contributed by atoms with Crippen LogP contribution in [0.2, 0.25) is 0 Å². The van der Waals surface area contributed by atoms with Gasteiger partial charge in [-0.25, -0.2) is 0 Å². The average molecular weight is 236 g/mol. The first-order valence-corrected chi connectivity index (χ1v) is 6.02. The lowest BCUT2D eigenvalue weighted by Gasteiger charge is -2.01. The van der Waals surface area contributed by atoms with Crippen molar-refractivity contribution in [2.75, 3.05) is 0 Å². The van der Waals surface area contributed by atoms with Crippen molar-refractivity contribution in [1.29, 1.82) is 0 Å². The molecule has 0 aliphatic rings. The van der Waals surface area contributed by atoms with Crippen LogP contribution in [0.15, 0.2) is 54.6 Å². The molecule has 0 N–H and O–H groups in total. The first kappa shape index (κ1) is 12.3. The molecule has 2 aromatic carbocycles. The van der Waals surface area contributed by atoms with Crippen LogP contribution < -0.4 is 0 Å². The van der Waals surface area contributed by atoms with Crippen molar-refractivity contribution >= 4 is 11.9 Å². The monoisotopic (exact) mass is 236 g/mol. The van der Waals surface area contributed by atoms with E-state index in [-0.39, 0.29) is 5.78 Å². The predicted molar refractivity (Wildman–Crippen MR) is 75.7 cm³/mol. The number of hydrogen-bond acceptors (Lipinski definition) is 1. The Morgan fingerprint density at radius 1 is 0.889 bits per heavy atom. The fourth-order valence-electron chi connectivity index (χ4n) is 1.88. The first-order valence-electron chi connectivity index (χ1n) is 6.02. The molecule has 0 heterocycles. The first-order chi connectivity index (χ1) is 8.68. The molecular weight excluding hydrogens is 220 g/mol. The second kappa shape index (κ2) is 5.46. The Morgan fingerprint density at radius 2 is 1.50 bits per heavy atom. The highest BCUT2D eigenvalue weighted by Crippen LogP contribution is 2.12. The molecule has 2 rings (SSSR count). The minimum absolute atomic E-state index is 0.0522. The fraction of sp³-hybridized carbons (Fsp3) is 0.118. The molecule has 0 aromatic heterocycles. The quantitative estimate of drug-likeness (QED) is 0.576. The number of carbonyl (C=O) groups excluding carboxylic acids is 1. The van der Waals surface area contributed by atoms with Crippen LogP contribution in [0.25, 0.3) is 6.08 Å². The summed E-state index contributed by atoms with van der Waals surface area (Å²) in [4.78, 5) is 12.1. The Balaban J connectivity index is 2.23. The number of hydrogen-bond donors (Lipinski definition) is 0. The van der Waals surface area contributed by atoms with Gasteiger partial charge in [-0.15, -0.1) is 0 Å². The fourth-order valence-corrected chi connectivity index (χ4v) is 1.88. The van der Waals surface area contributed by atoms with E-state index in [1.54, 1.807) is 6.08 Å². The largest absolute Gasteiger partial charge is 0.289 e. The molecule has 0 spiro atoms. The van der Waals surface area contributed by atoms with Crippen LogP contribution in [-0.2, 0) is 0 Å². The molecule has 0 atom stereocenters. The van der Waals surface area contributed by atoms with E-state index in [2.05, 4.69) is 0 Å². The van der Waals surface area contributed by atoms with Crippen LogP contribution in [0.5, 0.6) is 0 Å². The molecule has 0 radical (unpaired) electrons. The van der Waals surface area contributed by atoms with Crippen LogP contribution >= 0.6 is 0 Å². The Hall–Kier alpha value is -2.15. The summed E-state index contributed by atoms with van der Waals surface area (Å²) in [5, 5.41) is 0. The van der Waals surface area contributed by atoms with Gasteiger partial charge >= 0.3 is 0 Å². The van der Waals surface area contributed by atoms with E-state index in [0.29, 0.717) is 0 Å². The summed E-state index contributed by atoms with van der Waals surface area (Å²) in [5.74, 6) is 0.0522. The van der Waals surface area contributed by atoms with Crippen molar-refractivity contribution in [3.8, 4) is 0 Å². The normalized spacial score (nSPS) is 10.8. The van der Waals surface area contributed by atoms with Gasteiger partial charge in [0.15, 0.2) is 5.78 Å². The van der Waals surface area contributed by atoms with Gasteiger partial charge in [0.1, 0.15) is 0 Å². The molecule has 90 valence electrons. The van der Waals surface area contributed by atoms with Gasteiger partial charge in [0, 0.05) is 5.56 Å². The predicted octanol–water partition coefficient (Wildman–Crippen LogP) is 4.20. The van der Waals surface area contributed by atoms with E-state index in [9.17, 15) is 4.79 Å². The molecule has 18 heavy (non-hydrogen) atoms. The molecule has 0 saturated carbocycles. The van der Waals surface area contributed by atoms with Gasteiger partial charge in [-0.3, -0.25) is 4.79 Å². The zero-order chi connectivity index (χ0) is 13.0. The minimum Gasteiger partial charge on any atom is -0.289 e. The lowest BCUT2D eigenvalue weighted by atomic mass is 10.0. The highest BCUT2D eigenvalue weighted by atomic mass is 16.1. The maximum absolute atomic E-state index is 12.1. The molecular formula is C17H16O. The molecule has 2 aromatic rings. The standard InChI is InChI=1S/C17H16O/c1-13-7-3-5-9-15(13)11-12-17(18)16-10-6-4-8-14(16)2/h3-12H,1-2H3/b12-11+. The lowest BCUT2D eigenvalue weighted by Crippen LogP contribution is -1.97.